The van der Waals surface area contributed by atoms with Crippen LogP contribution in [0.2, 0.25) is 0 Å². The molecule has 154 valence electrons. The number of hydrogen-bond donors (Lipinski definition) is 2. The van der Waals surface area contributed by atoms with Crippen LogP contribution >= 0.6 is 0 Å². The van der Waals surface area contributed by atoms with Gasteiger partial charge < -0.3 is 20.5 Å². The van der Waals surface area contributed by atoms with E-state index in [1.54, 1.807) is 48.8 Å². The van der Waals surface area contributed by atoms with Gasteiger partial charge in [0.05, 0.1) is 0 Å². The maximum atomic E-state index is 12.7. The molecular formula is C23H23N3O4. The van der Waals surface area contributed by atoms with Crippen LogP contribution in [0.15, 0.2) is 60.9 Å². The highest BCUT2D eigenvalue weighted by atomic mass is 16.5. The van der Waals surface area contributed by atoms with Crippen molar-refractivity contribution >= 4 is 17.5 Å². The highest BCUT2D eigenvalue weighted by Gasteiger charge is 2.12. The van der Waals surface area contributed by atoms with Crippen LogP contribution in [0.25, 0.3) is 0 Å². The van der Waals surface area contributed by atoms with Crippen molar-refractivity contribution in [1.82, 2.24) is 4.98 Å². The third-order valence-corrected chi connectivity index (χ3v) is 4.32. The van der Waals surface area contributed by atoms with Gasteiger partial charge in [-0.25, -0.2) is 0 Å². The zero-order valence-corrected chi connectivity index (χ0v) is 16.8. The average molecular weight is 405 g/mol. The van der Waals surface area contributed by atoms with Gasteiger partial charge in [-0.15, -0.1) is 0 Å². The average Bonchev–Trinajstić information content (AvgIpc) is 2.73. The third kappa shape index (κ3) is 5.57. The van der Waals surface area contributed by atoms with Gasteiger partial charge in [-0.3, -0.25) is 14.6 Å². The van der Waals surface area contributed by atoms with E-state index < -0.39 is 5.91 Å². The standard InChI is InChI=1S/C23H23N3O4/c1-15-10-18(11-16(2)22(15)30-13-17-4-3-9-25-12-17)23(28)26-19-5-7-20(8-6-19)29-14-21(24)27/h3-12H,13-14H2,1-2H3,(H2,24,27)(H,26,28). The molecule has 2 amide bonds. The van der Waals surface area contributed by atoms with E-state index in [0.717, 1.165) is 22.4 Å². The molecule has 0 spiro atoms. The number of aromatic nitrogens is 1. The molecule has 0 atom stereocenters. The summed E-state index contributed by atoms with van der Waals surface area (Å²) in [5.41, 5.74) is 8.92. The van der Waals surface area contributed by atoms with Gasteiger partial charge >= 0.3 is 0 Å². The number of hydrogen-bond acceptors (Lipinski definition) is 5. The molecule has 0 aliphatic carbocycles. The molecule has 0 radical (unpaired) electrons. The van der Waals surface area contributed by atoms with Crippen molar-refractivity contribution in [3.05, 3.63) is 83.2 Å². The minimum Gasteiger partial charge on any atom is -0.488 e. The van der Waals surface area contributed by atoms with Crippen LogP contribution in [0.3, 0.4) is 0 Å². The largest absolute Gasteiger partial charge is 0.488 e. The maximum absolute atomic E-state index is 12.7. The van der Waals surface area contributed by atoms with Crippen molar-refractivity contribution in [2.24, 2.45) is 5.73 Å². The second kappa shape index (κ2) is 9.56. The summed E-state index contributed by atoms with van der Waals surface area (Å²) in [6.07, 6.45) is 3.48. The van der Waals surface area contributed by atoms with Crippen LogP contribution in [0.1, 0.15) is 27.0 Å². The Labute approximate surface area is 174 Å². The number of nitrogens with zero attached hydrogens (tertiary/aromatic N) is 1. The lowest BCUT2D eigenvalue weighted by Gasteiger charge is -2.14. The van der Waals surface area contributed by atoms with Crippen molar-refractivity contribution in [3.8, 4) is 11.5 Å². The Kier molecular flexibility index (Phi) is 6.64. The summed E-state index contributed by atoms with van der Waals surface area (Å²) >= 11 is 0. The zero-order chi connectivity index (χ0) is 21.5. The molecule has 0 aliphatic rings. The van der Waals surface area contributed by atoms with E-state index in [4.69, 9.17) is 15.2 Å². The number of aryl methyl sites for hydroxylation is 2. The molecule has 0 aliphatic heterocycles. The molecule has 0 saturated carbocycles. The molecule has 3 rings (SSSR count). The smallest absolute Gasteiger partial charge is 0.255 e. The summed E-state index contributed by atoms with van der Waals surface area (Å²) < 4.78 is 11.1. The fourth-order valence-electron chi connectivity index (χ4n) is 2.94. The van der Waals surface area contributed by atoms with Gasteiger partial charge in [0.25, 0.3) is 11.8 Å². The van der Waals surface area contributed by atoms with Gasteiger partial charge in [0.15, 0.2) is 6.61 Å². The molecule has 0 saturated heterocycles. The van der Waals surface area contributed by atoms with E-state index in [0.29, 0.717) is 23.6 Å². The Bertz CT molecular complexity index is 1010. The molecule has 0 fully saturated rings. The van der Waals surface area contributed by atoms with Crippen LogP contribution in [0.5, 0.6) is 11.5 Å². The Morgan fingerprint density at radius 2 is 1.73 bits per heavy atom. The first-order valence-electron chi connectivity index (χ1n) is 9.38. The van der Waals surface area contributed by atoms with E-state index >= 15 is 0 Å². The number of primary amides is 1. The van der Waals surface area contributed by atoms with Gasteiger partial charge in [0.2, 0.25) is 0 Å². The summed E-state index contributed by atoms with van der Waals surface area (Å²) in [5, 5.41) is 2.85. The van der Waals surface area contributed by atoms with E-state index in [-0.39, 0.29) is 12.5 Å². The third-order valence-electron chi connectivity index (χ3n) is 4.32. The monoisotopic (exact) mass is 405 g/mol. The molecule has 30 heavy (non-hydrogen) atoms. The van der Waals surface area contributed by atoms with Gasteiger partial charge in [-0.1, -0.05) is 6.07 Å². The second-order valence-electron chi connectivity index (χ2n) is 6.82. The number of rotatable bonds is 8. The summed E-state index contributed by atoms with van der Waals surface area (Å²) in [7, 11) is 0. The van der Waals surface area contributed by atoms with Crippen LogP contribution in [0, 0.1) is 13.8 Å². The fraction of sp³-hybridized carbons (Fsp3) is 0.174. The van der Waals surface area contributed by atoms with E-state index in [9.17, 15) is 9.59 Å². The number of pyridine rings is 1. The topological polar surface area (TPSA) is 104 Å². The summed E-state index contributed by atoms with van der Waals surface area (Å²) in [6, 6.07) is 14.1. The summed E-state index contributed by atoms with van der Waals surface area (Å²) in [5.74, 6) is 0.469. The molecule has 3 aromatic rings. The summed E-state index contributed by atoms with van der Waals surface area (Å²) in [4.78, 5) is 27.5. The number of anilines is 1. The number of amides is 2. The minimum atomic E-state index is -0.550. The van der Waals surface area contributed by atoms with Crippen molar-refractivity contribution in [1.29, 1.82) is 0 Å². The Hall–Kier alpha value is -3.87. The van der Waals surface area contributed by atoms with Gasteiger partial charge in [-0.05, 0) is 67.4 Å². The quantitative estimate of drug-likeness (QED) is 0.598. The van der Waals surface area contributed by atoms with Crippen LogP contribution in [0.4, 0.5) is 5.69 Å². The lowest BCUT2D eigenvalue weighted by atomic mass is 10.0. The lowest BCUT2D eigenvalue weighted by Crippen LogP contribution is -2.20. The number of carbonyl (C=O) groups is 2. The second-order valence-corrected chi connectivity index (χ2v) is 6.82. The van der Waals surface area contributed by atoms with Gasteiger partial charge in [-0.2, -0.15) is 0 Å². The number of nitrogens with two attached hydrogens (primary N) is 1. The molecule has 7 nitrogen and oxygen atoms in total. The lowest BCUT2D eigenvalue weighted by molar-refractivity contribution is -0.119. The van der Waals surface area contributed by atoms with E-state index in [1.165, 1.54) is 0 Å². The minimum absolute atomic E-state index is 0.195. The zero-order valence-electron chi connectivity index (χ0n) is 16.8. The number of benzene rings is 2. The fourth-order valence-corrected chi connectivity index (χ4v) is 2.94. The van der Waals surface area contributed by atoms with E-state index in [1.807, 2.05) is 26.0 Å². The molecule has 0 bridgehead atoms. The highest BCUT2D eigenvalue weighted by molar-refractivity contribution is 6.04. The maximum Gasteiger partial charge on any atom is 0.255 e. The van der Waals surface area contributed by atoms with Gasteiger partial charge in [0, 0.05) is 29.2 Å². The molecule has 7 heteroatoms. The first kappa shape index (κ1) is 20.9. The van der Waals surface area contributed by atoms with Gasteiger partial charge in [0.1, 0.15) is 18.1 Å². The normalized spacial score (nSPS) is 10.3. The first-order valence-corrected chi connectivity index (χ1v) is 9.38. The van der Waals surface area contributed by atoms with Crippen molar-refractivity contribution in [2.45, 2.75) is 20.5 Å². The Balaban J connectivity index is 1.65. The van der Waals surface area contributed by atoms with Crippen molar-refractivity contribution in [2.75, 3.05) is 11.9 Å². The van der Waals surface area contributed by atoms with Crippen LogP contribution < -0.4 is 20.5 Å². The molecule has 0 unspecified atom stereocenters. The predicted molar refractivity (Wildman–Crippen MR) is 114 cm³/mol. The summed E-state index contributed by atoms with van der Waals surface area (Å²) in [6.45, 7) is 4.03. The Morgan fingerprint density at radius 1 is 1.03 bits per heavy atom. The molecule has 3 N–H and O–H groups in total. The predicted octanol–water partition coefficient (Wildman–Crippen LogP) is 3.39. The molecular weight excluding hydrogens is 382 g/mol. The Morgan fingerprint density at radius 3 is 2.33 bits per heavy atom. The number of carbonyl (C=O) groups excluding carboxylic acids is 2. The van der Waals surface area contributed by atoms with E-state index in [2.05, 4.69) is 10.3 Å². The van der Waals surface area contributed by atoms with Crippen LogP contribution in [-0.4, -0.2) is 23.4 Å². The highest BCUT2D eigenvalue weighted by Crippen LogP contribution is 2.26. The first-order chi connectivity index (χ1) is 14.4. The van der Waals surface area contributed by atoms with Crippen LogP contribution in [-0.2, 0) is 11.4 Å². The molecule has 1 heterocycles. The molecule has 1 aromatic heterocycles. The number of nitrogens with one attached hydrogen (secondary N) is 1. The SMILES string of the molecule is Cc1cc(C(=O)Nc2ccc(OCC(N)=O)cc2)cc(C)c1OCc1cccnc1. The number of ether oxygens (including phenoxy) is 2. The van der Waals surface area contributed by atoms with Crippen molar-refractivity contribution in [3.63, 3.8) is 0 Å². The van der Waals surface area contributed by atoms with Crippen molar-refractivity contribution < 1.29 is 19.1 Å². The molecule has 2 aromatic carbocycles.